The minimum Gasteiger partial charge on any atom is -0.323 e. The summed E-state index contributed by atoms with van der Waals surface area (Å²) in [7, 11) is 0. The van der Waals surface area contributed by atoms with E-state index in [-0.39, 0.29) is 5.69 Å². The number of carbonyl (C=O) groups is 3. The molecular formula is C19H17ClN4O5. The van der Waals surface area contributed by atoms with Crippen LogP contribution < -0.4 is 10.6 Å². The van der Waals surface area contributed by atoms with Crippen molar-refractivity contribution in [2.45, 2.75) is 19.4 Å². The summed E-state index contributed by atoms with van der Waals surface area (Å²) in [5.41, 5.74) is 0.0771. The standard InChI is InChI=1S/C19H17ClN4O5/c1-11-3-8-15(14(20)9-11)21-16(25)10-23-17(26)19(2,22-18(23)27)12-4-6-13(7-5-12)24(28)29/h3-9H,10H2,1-2H3,(H,21,25)(H,22,27)/t19-/m1/s1. The summed E-state index contributed by atoms with van der Waals surface area (Å²) in [6.07, 6.45) is 0. The summed E-state index contributed by atoms with van der Waals surface area (Å²) in [5.74, 6) is -1.23. The molecular weight excluding hydrogens is 400 g/mol. The number of imide groups is 1. The lowest BCUT2D eigenvalue weighted by atomic mass is 9.92. The van der Waals surface area contributed by atoms with Crippen molar-refractivity contribution in [2.24, 2.45) is 0 Å². The molecule has 0 unspecified atom stereocenters. The molecule has 2 aromatic carbocycles. The summed E-state index contributed by atoms with van der Waals surface area (Å²) in [6.45, 7) is 2.82. The van der Waals surface area contributed by atoms with Crippen molar-refractivity contribution >= 4 is 40.8 Å². The first-order valence-corrected chi connectivity index (χ1v) is 8.94. The van der Waals surface area contributed by atoms with Gasteiger partial charge in [0.25, 0.3) is 11.6 Å². The fraction of sp³-hybridized carbons (Fsp3) is 0.211. The Balaban J connectivity index is 1.75. The molecule has 0 spiro atoms. The van der Waals surface area contributed by atoms with Crippen molar-refractivity contribution in [1.29, 1.82) is 0 Å². The van der Waals surface area contributed by atoms with Crippen LogP contribution in [0.1, 0.15) is 18.1 Å². The second-order valence-corrected chi connectivity index (χ2v) is 7.19. The number of halogens is 1. The van der Waals surface area contributed by atoms with Crippen molar-refractivity contribution in [3.05, 3.63) is 68.7 Å². The molecule has 0 bridgehead atoms. The molecule has 1 atom stereocenters. The summed E-state index contributed by atoms with van der Waals surface area (Å²) in [4.78, 5) is 48.6. The number of urea groups is 1. The number of carbonyl (C=O) groups excluding carboxylic acids is 3. The highest BCUT2D eigenvalue weighted by atomic mass is 35.5. The van der Waals surface area contributed by atoms with Gasteiger partial charge < -0.3 is 10.6 Å². The first-order chi connectivity index (χ1) is 13.6. The van der Waals surface area contributed by atoms with E-state index in [1.54, 1.807) is 18.2 Å². The van der Waals surface area contributed by atoms with Gasteiger partial charge in [-0.05, 0) is 49.2 Å². The Hall–Kier alpha value is -3.46. The SMILES string of the molecule is Cc1ccc(NC(=O)CN2C(=O)N[C@](C)(c3ccc([N+](=O)[O-])cc3)C2=O)c(Cl)c1. The maximum Gasteiger partial charge on any atom is 0.325 e. The van der Waals surface area contributed by atoms with E-state index in [2.05, 4.69) is 10.6 Å². The Kier molecular flexibility index (Phi) is 5.25. The van der Waals surface area contributed by atoms with Gasteiger partial charge in [0.2, 0.25) is 5.91 Å². The fourth-order valence-corrected chi connectivity index (χ4v) is 3.29. The number of benzene rings is 2. The normalized spacial score (nSPS) is 18.5. The topological polar surface area (TPSA) is 122 Å². The molecule has 1 aliphatic heterocycles. The maximum atomic E-state index is 12.9. The zero-order valence-electron chi connectivity index (χ0n) is 15.6. The van der Waals surface area contributed by atoms with Crippen molar-refractivity contribution in [3.8, 4) is 0 Å². The van der Waals surface area contributed by atoms with Crippen molar-refractivity contribution in [1.82, 2.24) is 10.2 Å². The van der Waals surface area contributed by atoms with Crippen LogP contribution >= 0.6 is 11.6 Å². The molecule has 29 heavy (non-hydrogen) atoms. The van der Waals surface area contributed by atoms with E-state index in [9.17, 15) is 24.5 Å². The Morgan fingerprint density at radius 3 is 2.48 bits per heavy atom. The first-order valence-electron chi connectivity index (χ1n) is 8.57. The molecule has 4 amide bonds. The molecule has 0 radical (unpaired) electrons. The number of rotatable bonds is 5. The molecule has 1 saturated heterocycles. The second-order valence-electron chi connectivity index (χ2n) is 6.78. The van der Waals surface area contributed by atoms with Gasteiger partial charge in [-0.25, -0.2) is 4.79 Å². The maximum absolute atomic E-state index is 12.9. The molecule has 2 N–H and O–H groups in total. The van der Waals surface area contributed by atoms with Gasteiger partial charge in [-0.2, -0.15) is 0 Å². The highest BCUT2D eigenvalue weighted by molar-refractivity contribution is 6.33. The summed E-state index contributed by atoms with van der Waals surface area (Å²) >= 11 is 6.09. The highest BCUT2D eigenvalue weighted by Gasteiger charge is 2.49. The molecule has 3 rings (SSSR count). The van der Waals surface area contributed by atoms with Gasteiger partial charge >= 0.3 is 6.03 Å². The molecule has 1 heterocycles. The number of nitrogens with zero attached hydrogens (tertiary/aromatic N) is 2. The number of non-ortho nitro benzene ring substituents is 1. The molecule has 0 aromatic heterocycles. The van der Waals surface area contributed by atoms with Gasteiger partial charge in [-0.1, -0.05) is 17.7 Å². The predicted molar refractivity (Wildman–Crippen MR) is 106 cm³/mol. The van der Waals surface area contributed by atoms with Gasteiger partial charge in [0, 0.05) is 12.1 Å². The lowest BCUT2D eigenvalue weighted by Crippen LogP contribution is -2.42. The van der Waals surface area contributed by atoms with Crippen LogP contribution in [0.15, 0.2) is 42.5 Å². The Morgan fingerprint density at radius 1 is 1.24 bits per heavy atom. The van der Waals surface area contributed by atoms with Crippen molar-refractivity contribution in [3.63, 3.8) is 0 Å². The lowest BCUT2D eigenvalue weighted by Gasteiger charge is -2.22. The van der Waals surface area contributed by atoms with Crippen molar-refractivity contribution < 1.29 is 19.3 Å². The minimum absolute atomic E-state index is 0.139. The molecule has 2 aromatic rings. The highest BCUT2D eigenvalue weighted by Crippen LogP contribution is 2.30. The lowest BCUT2D eigenvalue weighted by molar-refractivity contribution is -0.384. The monoisotopic (exact) mass is 416 g/mol. The predicted octanol–water partition coefficient (Wildman–Crippen LogP) is 2.96. The summed E-state index contributed by atoms with van der Waals surface area (Å²) in [6, 6.07) is 9.61. The third-order valence-corrected chi connectivity index (χ3v) is 4.94. The molecule has 0 saturated carbocycles. The average Bonchev–Trinajstić information content (AvgIpc) is 2.88. The molecule has 150 valence electrons. The van der Waals surface area contributed by atoms with Crippen LogP contribution in [0.2, 0.25) is 5.02 Å². The second kappa shape index (κ2) is 7.51. The molecule has 10 heteroatoms. The number of anilines is 1. The Labute approximate surface area is 170 Å². The summed E-state index contributed by atoms with van der Waals surface area (Å²) in [5, 5.41) is 16.3. The Bertz CT molecular complexity index is 1020. The van der Waals surface area contributed by atoms with Crippen LogP contribution in [0.4, 0.5) is 16.2 Å². The van der Waals surface area contributed by atoms with E-state index in [0.717, 1.165) is 10.5 Å². The van der Waals surface area contributed by atoms with E-state index < -0.39 is 34.9 Å². The number of nitro benzene ring substituents is 1. The van der Waals surface area contributed by atoms with Crippen LogP contribution in [0.3, 0.4) is 0 Å². The van der Waals surface area contributed by atoms with Gasteiger partial charge in [0.15, 0.2) is 0 Å². The van der Waals surface area contributed by atoms with Crippen LogP contribution in [0.25, 0.3) is 0 Å². The van der Waals surface area contributed by atoms with E-state index in [0.29, 0.717) is 16.3 Å². The van der Waals surface area contributed by atoms with Crippen LogP contribution in [0.5, 0.6) is 0 Å². The average molecular weight is 417 g/mol. The zero-order valence-corrected chi connectivity index (χ0v) is 16.3. The number of aryl methyl sites for hydroxylation is 1. The third kappa shape index (κ3) is 3.90. The molecule has 9 nitrogen and oxygen atoms in total. The van der Waals surface area contributed by atoms with E-state index >= 15 is 0 Å². The van der Waals surface area contributed by atoms with Crippen LogP contribution in [-0.2, 0) is 15.1 Å². The number of hydrogen-bond donors (Lipinski definition) is 2. The van der Waals surface area contributed by atoms with Gasteiger partial charge in [-0.15, -0.1) is 0 Å². The number of nitrogens with one attached hydrogen (secondary N) is 2. The largest absolute Gasteiger partial charge is 0.325 e. The van der Waals surface area contributed by atoms with Gasteiger partial charge in [0.1, 0.15) is 12.1 Å². The van der Waals surface area contributed by atoms with Gasteiger partial charge in [-0.3, -0.25) is 24.6 Å². The summed E-state index contributed by atoms with van der Waals surface area (Å²) < 4.78 is 0. The van der Waals surface area contributed by atoms with Gasteiger partial charge in [0.05, 0.1) is 15.6 Å². The third-order valence-electron chi connectivity index (χ3n) is 4.63. The number of amides is 4. The smallest absolute Gasteiger partial charge is 0.323 e. The number of nitro groups is 1. The molecule has 1 fully saturated rings. The quantitative estimate of drug-likeness (QED) is 0.441. The van der Waals surface area contributed by atoms with Crippen molar-refractivity contribution in [2.75, 3.05) is 11.9 Å². The van der Waals surface area contributed by atoms with E-state index in [1.807, 2.05) is 6.92 Å². The first kappa shape index (κ1) is 20.3. The Morgan fingerprint density at radius 2 is 1.90 bits per heavy atom. The van der Waals surface area contributed by atoms with E-state index in [4.69, 9.17) is 11.6 Å². The molecule has 1 aliphatic rings. The van der Waals surface area contributed by atoms with E-state index in [1.165, 1.54) is 31.2 Å². The zero-order chi connectivity index (χ0) is 21.3. The number of hydrogen-bond acceptors (Lipinski definition) is 5. The fourth-order valence-electron chi connectivity index (χ4n) is 3.01. The van der Waals surface area contributed by atoms with Crippen LogP contribution in [0, 0.1) is 17.0 Å². The minimum atomic E-state index is -1.44. The van der Waals surface area contributed by atoms with Crippen LogP contribution in [-0.4, -0.2) is 34.2 Å². The molecule has 0 aliphatic carbocycles.